The molecule has 5 heteroatoms. The second-order valence-corrected chi connectivity index (χ2v) is 4.30. The van der Waals surface area contributed by atoms with Crippen LogP contribution in [0.25, 0.3) is 0 Å². The molecule has 2 atom stereocenters. The SMILES string of the molecule is CCNc1cnc(C(=O)NC2CC2CC)cn1. The zero-order chi connectivity index (χ0) is 12.3. The van der Waals surface area contributed by atoms with Crippen LogP contribution >= 0.6 is 0 Å². The molecule has 0 aliphatic heterocycles. The van der Waals surface area contributed by atoms with Gasteiger partial charge in [-0.3, -0.25) is 4.79 Å². The fourth-order valence-electron chi connectivity index (χ4n) is 1.84. The summed E-state index contributed by atoms with van der Waals surface area (Å²) in [5, 5.41) is 6.00. The lowest BCUT2D eigenvalue weighted by Gasteiger charge is -2.04. The van der Waals surface area contributed by atoms with Gasteiger partial charge < -0.3 is 10.6 Å². The second-order valence-electron chi connectivity index (χ2n) is 4.30. The van der Waals surface area contributed by atoms with Gasteiger partial charge in [0.15, 0.2) is 0 Å². The van der Waals surface area contributed by atoms with E-state index >= 15 is 0 Å². The Kier molecular flexibility index (Phi) is 3.56. The molecule has 17 heavy (non-hydrogen) atoms. The minimum Gasteiger partial charge on any atom is -0.369 e. The first-order chi connectivity index (χ1) is 8.24. The van der Waals surface area contributed by atoms with Crippen LogP contribution in [0.1, 0.15) is 37.2 Å². The third-order valence-electron chi connectivity index (χ3n) is 3.01. The summed E-state index contributed by atoms with van der Waals surface area (Å²) in [4.78, 5) is 20.0. The molecule has 0 radical (unpaired) electrons. The van der Waals surface area contributed by atoms with Gasteiger partial charge in [-0.25, -0.2) is 9.97 Å². The Morgan fingerprint density at radius 1 is 1.41 bits per heavy atom. The number of carbonyl (C=O) groups is 1. The third kappa shape index (κ3) is 2.93. The fraction of sp³-hybridized carbons (Fsp3) is 0.583. The van der Waals surface area contributed by atoms with Gasteiger partial charge in [-0.2, -0.15) is 0 Å². The maximum Gasteiger partial charge on any atom is 0.271 e. The lowest BCUT2D eigenvalue weighted by molar-refractivity contribution is 0.0943. The van der Waals surface area contributed by atoms with Crippen LogP contribution in [0.3, 0.4) is 0 Å². The molecule has 92 valence electrons. The van der Waals surface area contributed by atoms with Crippen LogP contribution in [0.5, 0.6) is 0 Å². The molecule has 5 nitrogen and oxygen atoms in total. The van der Waals surface area contributed by atoms with Crippen molar-refractivity contribution in [2.45, 2.75) is 32.7 Å². The molecule has 1 saturated carbocycles. The highest BCUT2D eigenvalue weighted by molar-refractivity contribution is 5.92. The van der Waals surface area contributed by atoms with Crippen LogP contribution in [-0.2, 0) is 0 Å². The number of aromatic nitrogens is 2. The molecule has 1 amide bonds. The Labute approximate surface area is 101 Å². The first kappa shape index (κ1) is 11.8. The molecule has 2 N–H and O–H groups in total. The fourth-order valence-corrected chi connectivity index (χ4v) is 1.84. The van der Waals surface area contributed by atoms with Gasteiger partial charge >= 0.3 is 0 Å². The Bertz CT molecular complexity index is 390. The molecule has 1 fully saturated rings. The zero-order valence-electron chi connectivity index (χ0n) is 10.2. The predicted molar refractivity (Wildman–Crippen MR) is 65.8 cm³/mol. The van der Waals surface area contributed by atoms with Gasteiger partial charge in [-0.05, 0) is 19.3 Å². The highest BCUT2D eigenvalue weighted by atomic mass is 16.2. The molecule has 1 aliphatic rings. The Morgan fingerprint density at radius 3 is 2.76 bits per heavy atom. The van der Waals surface area contributed by atoms with Crippen molar-refractivity contribution in [2.24, 2.45) is 5.92 Å². The van der Waals surface area contributed by atoms with Gasteiger partial charge in [-0.15, -0.1) is 0 Å². The van der Waals surface area contributed by atoms with Gasteiger partial charge in [0.2, 0.25) is 0 Å². The molecule has 2 rings (SSSR count). The maximum atomic E-state index is 11.8. The summed E-state index contributed by atoms with van der Waals surface area (Å²) in [7, 11) is 0. The molecular weight excluding hydrogens is 216 g/mol. The number of nitrogens with zero attached hydrogens (tertiary/aromatic N) is 2. The van der Waals surface area contributed by atoms with E-state index in [2.05, 4.69) is 27.5 Å². The van der Waals surface area contributed by atoms with Crippen LogP contribution in [-0.4, -0.2) is 28.5 Å². The highest BCUT2D eigenvalue weighted by Gasteiger charge is 2.36. The topological polar surface area (TPSA) is 66.9 Å². The second kappa shape index (κ2) is 5.12. The van der Waals surface area contributed by atoms with E-state index in [0.717, 1.165) is 19.4 Å². The van der Waals surface area contributed by atoms with E-state index < -0.39 is 0 Å². The minimum atomic E-state index is -0.124. The summed E-state index contributed by atoms with van der Waals surface area (Å²) in [5.41, 5.74) is 0.383. The van der Waals surface area contributed by atoms with Crippen LogP contribution in [0, 0.1) is 5.92 Å². The average molecular weight is 234 g/mol. The molecule has 1 aromatic rings. The van der Waals surface area contributed by atoms with E-state index in [1.165, 1.54) is 6.20 Å². The van der Waals surface area contributed by atoms with Crippen LogP contribution in [0.4, 0.5) is 5.82 Å². The summed E-state index contributed by atoms with van der Waals surface area (Å²) < 4.78 is 0. The number of rotatable bonds is 5. The van der Waals surface area contributed by atoms with E-state index in [-0.39, 0.29) is 5.91 Å². The Morgan fingerprint density at radius 2 is 2.24 bits per heavy atom. The number of amides is 1. The number of hydrogen-bond donors (Lipinski definition) is 2. The standard InChI is InChI=1S/C12H18N4O/c1-3-8-5-9(8)16-12(17)10-6-15-11(7-14-10)13-4-2/h6-9H,3-5H2,1-2H3,(H,13,15)(H,16,17). The predicted octanol–water partition coefficient (Wildman–Crippen LogP) is 1.44. The van der Waals surface area contributed by atoms with Crippen molar-refractivity contribution < 1.29 is 4.79 Å². The molecule has 0 aromatic carbocycles. The number of nitrogens with one attached hydrogen (secondary N) is 2. The molecular formula is C12H18N4O. The smallest absolute Gasteiger partial charge is 0.271 e. The number of carbonyl (C=O) groups excluding carboxylic acids is 1. The summed E-state index contributed by atoms with van der Waals surface area (Å²) >= 11 is 0. The number of hydrogen-bond acceptors (Lipinski definition) is 4. The maximum absolute atomic E-state index is 11.8. The van der Waals surface area contributed by atoms with Crippen molar-refractivity contribution >= 4 is 11.7 Å². The van der Waals surface area contributed by atoms with Crippen molar-refractivity contribution in [3.05, 3.63) is 18.1 Å². The first-order valence-electron chi connectivity index (χ1n) is 6.11. The van der Waals surface area contributed by atoms with Gasteiger partial charge in [0.1, 0.15) is 11.5 Å². The third-order valence-corrected chi connectivity index (χ3v) is 3.01. The van der Waals surface area contributed by atoms with Crippen molar-refractivity contribution in [2.75, 3.05) is 11.9 Å². The average Bonchev–Trinajstić information content (AvgIpc) is 3.09. The summed E-state index contributed by atoms with van der Waals surface area (Å²) in [6.45, 7) is 4.92. The molecule has 0 spiro atoms. The zero-order valence-corrected chi connectivity index (χ0v) is 10.2. The van der Waals surface area contributed by atoms with E-state index in [1.54, 1.807) is 6.20 Å². The Hall–Kier alpha value is -1.65. The largest absolute Gasteiger partial charge is 0.369 e. The molecule has 1 aromatic heterocycles. The van der Waals surface area contributed by atoms with Crippen molar-refractivity contribution in [3.63, 3.8) is 0 Å². The lowest BCUT2D eigenvalue weighted by atomic mass is 10.3. The summed E-state index contributed by atoms with van der Waals surface area (Å²) in [6.07, 6.45) is 5.31. The summed E-state index contributed by atoms with van der Waals surface area (Å²) in [5.74, 6) is 1.22. The Balaban J connectivity index is 1.90. The number of anilines is 1. The van der Waals surface area contributed by atoms with Gasteiger partial charge in [0.25, 0.3) is 5.91 Å². The summed E-state index contributed by atoms with van der Waals surface area (Å²) in [6, 6.07) is 0.336. The molecule has 1 aliphatic carbocycles. The van der Waals surface area contributed by atoms with E-state index in [0.29, 0.717) is 23.5 Å². The lowest BCUT2D eigenvalue weighted by Crippen LogP contribution is -2.27. The van der Waals surface area contributed by atoms with Gasteiger partial charge in [0, 0.05) is 12.6 Å². The normalized spacial score (nSPS) is 22.0. The van der Waals surface area contributed by atoms with E-state index in [1.807, 2.05) is 6.92 Å². The van der Waals surface area contributed by atoms with Crippen LogP contribution in [0.2, 0.25) is 0 Å². The molecule has 2 unspecified atom stereocenters. The van der Waals surface area contributed by atoms with Gasteiger partial charge in [-0.1, -0.05) is 13.3 Å². The quantitative estimate of drug-likeness (QED) is 0.809. The molecule has 0 bridgehead atoms. The van der Waals surface area contributed by atoms with Crippen molar-refractivity contribution in [1.82, 2.24) is 15.3 Å². The van der Waals surface area contributed by atoms with Crippen molar-refractivity contribution in [3.8, 4) is 0 Å². The monoisotopic (exact) mass is 234 g/mol. The minimum absolute atomic E-state index is 0.124. The van der Waals surface area contributed by atoms with Crippen LogP contribution < -0.4 is 10.6 Å². The first-order valence-corrected chi connectivity index (χ1v) is 6.11. The highest BCUT2D eigenvalue weighted by Crippen LogP contribution is 2.33. The van der Waals surface area contributed by atoms with Gasteiger partial charge in [0.05, 0.1) is 12.4 Å². The van der Waals surface area contributed by atoms with E-state index in [4.69, 9.17) is 0 Å². The van der Waals surface area contributed by atoms with E-state index in [9.17, 15) is 4.79 Å². The molecule has 1 heterocycles. The van der Waals surface area contributed by atoms with Crippen LogP contribution in [0.15, 0.2) is 12.4 Å². The molecule has 0 saturated heterocycles. The van der Waals surface area contributed by atoms with Crippen molar-refractivity contribution in [1.29, 1.82) is 0 Å².